The van der Waals surface area contributed by atoms with Crippen LogP contribution in [0.4, 0.5) is 5.69 Å². The first-order valence-corrected chi connectivity index (χ1v) is 7.51. The number of para-hydroxylation sites is 1. The molecular formula is C13H7ClN2O5S. The molecule has 0 spiro atoms. The van der Waals surface area contributed by atoms with Crippen LogP contribution in [0.5, 0.6) is 5.75 Å². The zero-order valence-corrected chi connectivity index (χ0v) is 12.3. The van der Waals surface area contributed by atoms with E-state index >= 15 is 0 Å². The SMILES string of the molecule is N#Cc1ccccc1OS(=O)(=O)c1ccc(Cl)cc1[N+](=O)[O-]. The van der Waals surface area contributed by atoms with Crippen molar-refractivity contribution in [3.05, 3.63) is 63.2 Å². The average molecular weight is 339 g/mol. The number of rotatable bonds is 4. The van der Waals surface area contributed by atoms with Crippen LogP contribution in [0.25, 0.3) is 0 Å². The lowest BCUT2D eigenvalue weighted by molar-refractivity contribution is -0.387. The van der Waals surface area contributed by atoms with Crippen molar-refractivity contribution in [2.45, 2.75) is 4.90 Å². The van der Waals surface area contributed by atoms with Crippen LogP contribution in [0, 0.1) is 21.4 Å². The molecule has 9 heteroatoms. The molecule has 0 aliphatic rings. The van der Waals surface area contributed by atoms with Crippen molar-refractivity contribution >= 4 is 27.4 Å². The number of nitro benzene ring substituents is 1. The van der Waals surface area contributed by atoms with E-state index in [4.69, 9.17) is 21.0 Å². The monoisotopic (exact) mass is 338 g/mol. The summed E-state index contributed by atoms with van der Waals surface area (Å²) in [6, 6.07) is 10.5. The lowest BCUT2D eigenvalue weighted by atomic mass is 10.2. The second-order valence-corrected chi connectivity index (χ2v) is 5.97. The Morgan fingerprint density at radius 2 is 1.91 bits per heavy atom. The molecular weight excluding hydrogens is 332 g/mol. The summed E-state index contributed by atoms with van der Waals surface area (Å²) in [7, 11) is -4.49. The number of hydrogen-bond acceptors (Lipinski definition) is 6. The second-order valence-electron chi connectivity index (χ2n) is 4.01. The lowest BCUT2D eigenvalue weighted by Crippen LogP contribution is -2.12. The average Bonchev–Trinajstić information content (AvgIpc) is 2.47. The lowest BCUT2D eigenvalue weighted by Gasteiger charge is -2.08. The summed E-state index contributed by atoms with van der Waals surface area (Å²) in [5.74, 6) is -0.214. The van der Waals surface area contributed by atoms with Gasteiger partial charge in [0, 0.05) is 11.1 Å². The molecule has 0 saturated heterocycles. The van der Waals surface area contributed by atoms with E-state index in [1.54, 1.807) is 6.07 Å². The van der Waals surface area contributed by atoms with E-state index in [1.165, 1.54) is 30.3 Å². The summed E-state index contributed by atoms with van der Waals surface area (Å²) in [5.41, 5.74) is -0.718. The van der Waals surface area contributed by atoms with Crippen molar-refractivity contribution in [2.24, 2.45) is 0 Å². The normalized spacial score (nSPS) is 10.7. The van der Waals surface area contributed by atoms with Crippen LogP contribution in [0.15, 0.2) is 47.4 Å². The van der Waals surface area contributed by atoms with Crippen LogP contribution in [-0.4, -0.2) is 13.3 Å². The number of nitro groups is 1. The number of hydrogen-bond donors (Lipinski definition) is 0. The molecule has 112 valence electrons. The summed E-state index contributed by atoms with van der Waals surface area (Å²) < 4.78 is 29.3. The van der Waals surface area contributed by atoms with Gasteiger partial charge in [-0.2, -0.15) is 13.7 Å². The van der Waals surface area contributed by atoms with E-state index < -0.39 is 25.6 Å². The first kappa shape index (κ1) is 15.8. The minimum absolute atomic E-state index is 0.0114. The molecule has 2 rings (SSSR count). The number of halogens is 1. The Hall–Kier alpha value is -2.63. The topological polar surface area (TPSA) is 110 Å². The molecule has 0 aliphatic carbocycles. The van der Waals surface area contributed by atoms with Gasteiger partial charge in [-0.05, 0) is 24.3 Å². The van der Waals surface area contributed by atoms with Gasteiger partial charge in [-0.3, -0.25) is 10.1 Å². The molecule has 7 nitrogen and oxygen atoms in total. The predicted octanol–water partition coefficient (Wildman–Crippen LogP) is 2.89. The number of nitriles is 1. The van der Waals surface area contributed by atoms with Crippen LogP contribution in [-0.2, 0) is 10.1 Å². The maximum atomic E-state index is 12.2. The third-order valence-electron chi connectivity index (χ3n) is 2.59. The van der Waals surface area contributed by atoms with E-state index in [1.807, 2.05) is 0 Å². The minimum Gasteiger partial charge on any atom is -0.377 e. The maximum absolute atomic E-state index is 12.2. The Bertz CT molecular complexity index is 890. The Morgan fingerprint density at radius 3 is 2.55 bits per heavy atom. The molecule has 0 amide bonds. The third-order valence-corrected chi connectivity index (χ3v) is 4.11. The van der Waals surface area contributed by atoms with Crippen molar-refractivity contribution in [1.82, 2.24) is 0 Å². The Morgan fingerprint density at radius 1 is 1.23 bits per heavy atom. The fraction of sp³-hybridized carbons (Fsp3) is 0. The van der Waals surface area contributed by atoms with E-state index in [-0.39, 0.29) is 16.3 Å². The van der Waals surface area contributed by atoms with Crippen molar-refractivity contribution in [1.29, 1.82) is 5.26 Å². The summed E-state index contributed by atoms with van der Waals surface area (Å²) in [5, 5.41) is 19.9. The smallest absolute Gasteiger partial charge is 0.346 e. The van der Waals surface area contributed by atoms with Crippen molar-refractivity contribution in [3.63, 3.8) is 0 Å². The van der Waals surface area contributed by atoms with Crippen molar-refractivity contribution in [2.75, 3.05) is 0 Å². The molecule has 2 aromatic carbocycles. The van der Waals surface area contributed by atoms with Gasteiger partial charge in [-0.1, -0.05) is 23.7 Å². The largest absolute Gasteiger partial charge is 0.377 e. The minimum atomic E-state index is -4.49. The van der Waals surface area contributed by atoms with Crippen LogP contribution < -0.4 is 4.18 Å². The Balaban J connectivity index is 2.53. The molecule has 0 heterocycles. The maximum Gasteiger partial charge on any atom is 0.346 e. The van der Waals surface area contributed by atoms with E-state index in [9.17, 15) is 18.5 Å². The van der Waals surface area contributed by atoms with Gasteiger partial charge in [0.2, 0.25) is 0 Å². The van der Waals surface area contributed by atoms with Gasteiger partial charge in [0.15, 0.2) is 10.6 Å². The molecule has 0 radical (unpaired) electrons. The highest BCUT2D eigenvalue weighted by molar-refractivity contribution is 7.87. The Kier molecular flexibility index (Phi) is 4.30. The van der Waals surface area contributed by atoms with Crippen LogP contribution in [0.1, 0.15) is 5.56 Å². The Labute approximate surface area is 130 Å². The van der Waals surface area contributed by atoms with Crippen molar-refractivity contribution < 1.29 is 17.5 Å². The van der Waals surface area contributed by atoms with Gasteiger partial charge in [-0.15, -0.1) is 0 Å². The van der Waals surface area contributed by atoms with Gasteiger partial charge in [-0.25, -0.2) is 0 Å². The zero-order valence-electron chi connectivity index (χ0n) is 10.8. The fourth-order valence-corrected chi connectivity index (χ4v) is 2.90. The van der Waals surface area contributed by atoms with Gasteiger partial charge in [0.1, 0.15) is 6.07 Å². The fourth-order valence-electron chi connectivity index (χ4n) is 1.64. The summed E-state index contributed by atoms with van der Waals surface area (Å²) in [4.78, 5) is 9.45. The highest BCUT2D eigenvalue weighted by atomic mass is 35.5. The second kappa shape index (κ2) is 6.01. The van der Waals surface area contributed by atoms with Crippen LogP contribution in [0.3, 0.4) is 0 Å². The molecule has 0 atom stereocenters. The number of nitrogens with zero attached hydrogens (tertiary/aromatic N) is 2. The molecule has 22 heavy (non-hydrogen) atoms. The first-order chi connectivity index (χ1) is 10.3. The molecule has 0 bridgehead atoms. The first-order valence-electron chi connectivity index (χ1n) is 5.72. The molecule has 0 aromatic heterocycles. The molecule has 0 aliphatic heterocycles. The summed E-state index contributed by atoms with van der Waals surface area (Å²) >= 11 is 5.64. The van der Waals surface area contributed by atoms with Crippen molar-refractivity contribution in [3.8, 4) is 11.8 Å². The summed E-state index contributed by atoms with van der Waals surface area (Å²) in [6.45, 7) is 0. The molecule has 0 saturated carbocycles. The van der Waals surface area contributed by atoms with Gasteiger partial charge < -0.3 is 4.18 Å². The molecule has 0 unspecified atom stereocenters. The standard InChI is InChI=1S/C13H7ClN2O5S/c14-10-5-6-13(11(7-10)16(17)18)22(19,20)21-12-4-2-1-3-9(12)8-15/h1-7H. The molecule has 2 aromatic rings. The van der Waals surface area contributed by atoms with Gasteiger partial charge >= 0.3 is 10.1 Å². The van der Waals surface area contributed by atoms with E-state index in [0.29, 0.717) is 0 Å². The molecule has 0 N–H and O–H groups in total. The number of benzene rings is 2. The quantitative estimate of drug-likeness (QED) is 0.481. The molecule has 0 fully saturated rings. The van der Waals surface area contributed by atoms with Gasteiger partial charge in [0.25, 0.3) is 5.69 Å². The van der Waals surface area contributed by atoms with E-state index in [2.05, 4.69) is 0 Å². The predicted molar refractivity (Wildman–Crippen MR) is 77.1 cm³/mol. The van der Waals surface area contributed by atoms with E-state index in [0.717, 1.165) is 12.1 Å². The highest BCUT2D eigenvalue weighted by Crippen LogP contribution is 2.30. The third kappa shape index (κ3) is 3.16. The summed E-state index contributed by atoms with van der Waals surface area (Å²) in [6.07, 6.45) is 0. The highest BCUT2D eigenvalue weighted by Gasteiger charge is 2.28. The van der Waals surface area contributed by atoms with Crippen LogP contribution in [0.2, 0.25) is 5.02 Å². The zero-order chi connectivity index (χ0) is 16.3. The van der Waals surface area contributed by atoms with Gasteiger partial charge in [0.05, 0.1) is 10.5 Å². The van der Waals surface area contributed by atoms with Crippen LogP contribution >= 0.6 is 11.6 Å².